The minimum Gasteiger partial charge on any atom is -0.236 e. The molecule has 11 aromatic rings. The van der Waals surface area contributed by atoms with E-state index in [1.165, 1.54) is 92.3 Å². The number of aromatic nitrogens is 1. The van der Waals surface area contributed by atoms with Crippen LogP contribution >= 0.6 is 11.3 Å². The third-order valence-corrected chi connectivity index (χ3v) is 12.1. The van der Waals surface area contributed by atoms with Crippen molar-refractivity contribution in [1.82, 2.24) is 4.98 Å². The average molecular weight is 716 g/mol. The first-order valence-electron chi connectivity index (χ1n) is 18.8. The number of hydrogen-bond donors (Lipinski definition) is 0. The summed E-state index contributed by atoms with van der Waals surface area (Å²) in [6, 6.07) is 73.2. The lowest BCUT2D eigenvalue weighted by Gasteiger charge is -2.19. The molecule has 0 saturated carbocycles. The Hall–Kier alpha value is -6.87. The van der Waals surface area contributed by atoms with Gasteiger partial charge >= 0.3 is 0 Å². The predicted octanol–water partition coefficient (Wildman–Crippen LogP) is 15.2. The van der Waals surface area contributed by atoms with Crippen molar-refractivity contribution in [3.05, 3.63) is 200 Å². The molecule has 11 rings (SSSR count). The van der Waals surface area contributed by atoms with Crippen LogP contribution in [0.25, 0.3) is 108 Å². The normalized spacial score (nSPS) is 11.6. The van der Waals surface area contributed by atoms with Crippen LogP contribution in [0, 0.1) is 0 Å². The topological polar surface area (TPSA) is 12.9 Å². The van der Waals surface area contributed by atoms with Crippen LogP contribution in [-0.4, -0.2) is 4.98 Å². The monoisotopic (exact) mass is 715 g/mol. The SMILES string of the molecule is c1ccc(-c2ccc3nc(-c4ccc(-c5ccc6c(-c7ccc8ccccc8c7)c7ccccc7c(-c7ccc8ccccc8c7)c6c5)cc4)sc3c2)cc1. The minimum absolute atomic E-state index is 1.04. The largest absolute Gasteiger partial charge is 0.236 e. The number of benzene rings is 10. The molecule has 1 aromatic heterocycles. The van der Waals surface area contributed by atoms with Crippen LogP contribution in [0.1, 0.15) is 0 Å². The van der Waals surface area contributed by atoms with Crippen molar-refractivity contribution in [2.24, 2.45) is 0 Å². The number of fused-ring (bicyclic) bond motifs is 5. The van der Waals surface area contributed by atoms with E-state index in [0.29, 0.717) is 0 Å². The smallest absolute Gasteiger partial charge is 0.124 e. The molecular formula is C53H33NS. The van der Waals surface area contributed by atoms with Gasteiger partial charge in [0, 0.05) is 5.56 Å². The highest BCUT2D eigenvalue weighted by molar-refractivity contribution is 7.21. The Morgan fingerprint density at radius 2 is 0.764 bits per heavy atom. The van der Waals surface area contributed by atoms with Gasteiger partial charge in [0.25, 0.3) is 0 Å². The molecule has 0 bridgehead atoms. The van der Waals surface area contributed by atoms with Gasteiger partial charge in [-0.1, -0.05) is 170 Å². The zero-order valence-corrected chi connectivity index (χ0v) is 30.7. The molecule has 1 heterocycles. The second-order valence-corrected chi connectivity index (χ2v) is 15.4. The van der Waals surface area contributed by atoms with Gasteiger partial charge in [-0.05, 0) is 118 Å². The minimum atomic E-state index is 1.04. The molecule has 2 heteroatoms. The third-order valence-electron chi connectivity index (χ3n) is 11.1. The second-order valence-electron chi connectivity index (χ2n) is 14.3. The fourth-order valence-corrected chi connectivity index (χ4v) is 9.34. The molecule has 0 spiro atoms. The van der Waals surface area contributed by atoms with Gasteiger partial charge < -0.3 is 0 Å². The Balaban J connectivity index is 1.07. The summed E-state index contributed by atoms with van der Waals surface area (Å²) in [6.07, 6.45) is 0. The van der Waals surface area contributed by atoms with Gasteiger partial charge in [0.15, 0.2) is 0 Å². The maximum Gasteiger partial charge on any atom is 0.124 e. The predicted molar refractivity (Wildman–Crippen MR) is 237 cm³/mol. The Bertz CT molecular complexity index is 3250. The molecule has 0 N–H and O–H groups in total. The molecule has 256 valence electrons. The van der Waals surface area contributed by atoms with Crippen molar-refractivity contribution in [2.45, 2.75) is 0 Å². The van der Waals surface area contributed by atoms with Crippen LogP contribution in [0.2, 0.25) is 0 Å². The van der Waals surface area contributed by atoms with E-state index in [2.05, 4.69) is 200 Å². The van der Waals surface area contributed by atoms with Crippen LogP contribution in [-0.2, 0) is 0 Å². The summed E-state index contributed by atoms with van der Waals surface area (Å²) in [4.78, 5) is 5.03. The molecule has 55 heavy (non-hydrogen) atoms. The Morgan fingerprint density at radius 3 is 1.44 bits per heavy atom. The van der Waals surface area contributed by atoms with Crippen LogP contribution in [0.4, 0.5) is 0 Å². The van der Waals surface area contributed by atoms with Crippen molar-refractivity contribution in [3.63, 3.8) is 0 Å². The molecule has 0 saturated heterocycles. The molecule has 0 fully saturated rings. The first-order valence-corrected chi connectivity index (χ1v) is 19.6. The van der Waals surface area contributed by atoms with Gasteiger partial charge in [-0.25, -0.2) is 4.98 Å². The first-order chi connectivity index (χ1) is 27.2. The van der Waals surface area contributed by atoms with E-state index in [9.17, 15) is 0 Å². The first kappa shape index (κ1) is 31.6. The highest BCUT2D eigenvalue weighted by Crippen LogP contribution is 2.46. The van der Waals surface area contributed by atoms with E-state index >= 15 is 0 Å². The Labute approximate surface area is 323 Å². The van der Waals surface area contributed by atoms with Crippen LogP contribution in [0.3, 0.4) is 0 Å². The van der Waals surface area contributed by atoms with Gasteiger partial charge in [0.2, 0.25) is 0 Å². The average Bonchev–Trinajstić information content (AvgIpc) is 3.69. The maximum atomic E-state index is 5.03. The van der Waals surface area contributed by atoms with Crippen molar-refractivity contribution in [2.75, 3.05) is 0 Å². The molecule has 0 aliphatic carbocycles. The van der Waals surface area contributed by atoms with Crippen molar-refractivity contribution >= 4 is 64.6 Å². The lowest BCUT2D eigenvalue weighted by atomic mass is 9.84. The van der Waals surface area contributed by atoms with E-state index in [-0.39, 0.29) is 0 Å². The summed E-state index contributed by atoms with van der Waals surface area (Å²) < 4.78 is 1.20. The highest BCUT2D eigenvalue weighted by Gasteiger charge is 2.18. The number of nitrogens with zero attached hydrogens (tertiary/aromatic N) is 1. The molecule has 0 unspecified atom stereocenters. The Kier molecular flexibility index (Phi) is 7.43. The van der Waals surface area contributed by atoms with Crippen molar-refractivity contribution in [1.29, 1.82) is 0 Å². The Morgan fingerprint density at radius 1 is 0.291 bits per heavy atom. The summed E-state index contributed by atoms with van der Waals surface area (Å²) >= 11 is 1.75. The number of thiazole rings is 1. The molecule has 0 atom stereocenters. The van der Waals surface area contributed by atoms with Gasteiger partial charge in [-0.3, -0.25) is 0 Å². The molecule has 1 nitrogen and oxygen atoms in total. The van der Waals surface area contributed by atoms with Crippen molar-refractivity contribution in [3.8, 4) is 55.1 Å². The standard InChI is InChI=1S/C53H33NS/c1-2-10-34(11-3-1)42-27-29-49-50(33-42)55-53(54-49)38-22-18-37(19-23-38)41-26-28-47-48(32-41)52(44-25-21-36-13-5-7-15-40(36)31-44)46-17-9-8-16-45(46)51(47)43-24-20-35-12-4-6-14-39(35)30-43/h1-33H. The quantitative estimate of drug-likeness (QED) is 0.162. The molecule has 0 aliphatic heterocycles. The van der Waals surface area contributed by atoms with Crippen LogP contribution in [0.5, 0.6) is 0 Å². The van der Waals surface area contributed by atoms with E-state index in [1.54, 1.807) is 11.3 Å². The fourth-order valence-electron chi connectivity index (χ4n) is 8.33. The second kappa shape index (κ2) is 12.9. The van der Waals surface area contributed by atoms with Crippen LogP contribution in [0.15, 0.2) is 200 Å². The number of rotatable bonds is 5. The fraction of sp³-hybridized carbons (Fsp3) is 0. The van der Waals surface area contributed by atoms with Gasteiger partial charge in [-0.15, -0.1) is 11.3 Å². The molecular weight excluding hydrogens is 683 g/mol. The zero-order valence-electron chi connectivity index (χ0n) is 29.9. The van der Waals surface area contributed by atoms with E-state index in [1.807, 2.05) is 0 Å². The van der Waals surface area contributed by atoms with Crippen molar-refractivity contribution < 1.29 is 0 Å². The summed E-state index contributed by atoms with van der Waals surface area (Å²) in [5.74, 6) is 0. The molecule has 0 aliphatic rings. The molecule has 0 amide bonds. The lowest BCUT2D eigenvalue weighted by Crippen LogP contribution is -1.92. The summed E-state index contributed by atoms with van der Waals surface area (Å²) in [5.41, 5.74) is 12.0. The van der Waals surface area contributed by atoms with Gasteiger partial charge in [0.1, 0.15) is 5.01 Å². The lowest BCUT2D eigenvalue weighted by molar-refractivity contribution is 1.47. The van der Waals surface area contributed by atoms with Gasteiger partial charge in [-0.2, -0.15) is 0 Å². The number of hydrogen-bond acceptors (Lipinski definition) is 2. The van der Waals surface area contributed by atoms with E-state index in [4.69, 9.17) is 4.98 Å². The summed E-state index contributed by atoms with van der Waals surface area (Å²) in [7, 11) is 0. The van der Waals surface area contributed by atoms with E-state index < -0.39 is 0 Å². The molecule has 10 aromatic carbocycles. The van der Waals surface area contributed by atoms with Gasteiger partial charge in [0.05, 0.1) is 10.2 Å². The zero-order chi connectivity index (χ0) is 36.3. The highest BCUT2D eigenvalue weighted by atomic mass is 32.1. The summed E-state index contributed by atoms with van der Waals surface area (Å²) in [6.45, 7) is 0. The molecule has 0 radical (unpaired) electrons. The van der Waals surface area contributed by atoms with Crippen LogP contribution < -0.4 is 0 Å². The van der Waals surface area contributed by atoms with E-state index in [0.717, 1.165) is 16.1 Å². The summed E-state index contributed by atoms with van der Waals surface area (Å²) in [5, 5.41) is 11.0. The third kappa shape index (κ3) is 5.50. The maximum absolute atomic E-state index is 5.03.